The summed E-state index contributed by atoms with van der Waals surface area (Å²) in [5, 5.41) is 10.1. The molecule has 0 fully saturated rings. The van der Waals surface area contributed by atoms with Gasteiger partial charge < -0.3 is 15.6 Å². The average molecular weight is 252 g/mol. The molecule has 2 atom stereocenters. The van der Waals surface area contributed by atoms with E-state index in [0.29, 0.717) is 11.3 Å². The highest BCUT2D eigenvalue weighted by molar-refractivity contribution is 5.77. The summed E-state index contributed by atoms with van der Waals surface area (Å²) < 4.78 is 5.14. The fourth-order valence-corrected chi connectivity index (χ4v) is 1.50. The lowest BCUT2D eigenvalue weighted by Crippen LogP contribution is -2.41. The van der Waals surface area contributed by atoms with E-state index in [1.165, 1.54) is 0 Å². The molecule has 0 aromatic carbocycles. The summed E-state index contributed by atoms with van der Waals surface area (Å²) in [6.45, 7) is 7.00. The first-order valence-electron chi connectivity index (χ1n) is 5.80. The highest BCUT2D eigenvalue weighted by Gasteiger charge is 2.29. The van der Waals surface area contributed by atoms with Gasteiger partial charge in [-0.25, -0.2) is 0 Å². The first-order chi connectivity index (χ1) is 8.22. The Bertz CT molecular complexity index is 426. The number of carbonyl (C=O) groups is 1. The predicted molar refractivity (Wildman–Crippen MR) is 67.8 cm³/mol. The molecule has 1 aromatic rings. The van der Waals surface area contributed by atoms with E-state index in [0.717, 1.165) is 0 Å². The normalized spacial score (nSPS) is 15.0. The van der Waals surface area contributed by atoms with Crippen LogP contribution in [-0.4, -0.2) is 27.7 Å². The van der Waals surface area contributed by atoms with Crippen LogP contribution in [0, 0.1) is 6.92 Å². The quantitative estimate of drug-likeness (QED) is 0.787. The molecule has 0 unspecified atom stereocenters. The number of aryl methyl sites for hydroxylation is 1. The maximum Gasteiger partial charge on any atom is 0.326 e. The van der Waals surface area contributed by atoms with E-state index in [4.69, 9.17) is 10.5 Å². The van der Waals surface area contributed by atoms with Crippen molar-refractivity contribution in [3.05, 3.63) is 29.6 Å². The van der Waals surface area contributed by atoms with Gasteiger partial charge in [0.25, 0.3) is 0 Å². The van der Waals surface area contributed by atoms with E-state index in [9.17, 15) is 9.90 Å². The topological polar surface area (TPSA) is 85.4 Å². The number of nitrogens with two attached hydrogens (primary N) is 1. The van der Waals surface area contributed by atoms with Crippen LogP contribution in [0.1, 0.15) is 38.1 Å². The highest BCUT2D eigenvalue weighted by atomic mass is 16.6. The third-order valence-electron chi connectivity index (χ3n) is 2.39. The second-order valence-electron chi connectivity index (χ2n) is 5.18. The van der Waals surface area contributed by atoms with Crippen LogP contribution in [0.4, 0.5) is 0 Å². The van der Waals surface area contributed by atoms with Crippen molar-refractivity contribution in [2.75, 3.05) is 0 Å². The molecule has 0 aliphatic carbocycles. The number of aliphatic hydroxyl groups is 1. The monoisotopic (exact) mass is 252 g/mol. The molecule has 0 aliphatic heterocycles. The van der Waals surface area contributed by atoms with Gasteiger partial charge in [0.1, 0.15) is 17.7 Å². The Labute approximate surface area is 107 Å². The maximum atomic E-state index is 11.8. The summed E-state index contributed by atoms with van der Waals surface area (Å²) in [6, 6.07) is 2.26. The molecular weight excluding hydrogens is 232 g/mol. The molecule has 0 saturated carbocycles. The summed E-state index contributed by atoms with van der Waals surface area (Å²) in [5.41, 5.74) is 6.27. The van der Waals surface area contributed by atoms with E-state index >= 15 is 0 Å². The molecule has 1 heterocycles. The van der Waals surface area contributed by atoms with Gasteiger partial charge in [0, 0.05) is 17.5 Å². The summed E-state index contributed by atoms with van der Waals surface area (Å²) in [5.74, 6) is -0.627. The molecular formula is C13H20N2O3. The molecule has 1 rings (SSSR count). The summed E-state index contributed by atoms with van der Waals surface area (Å²) >= 11 is 0. The summed E-state index contributed by atoms with van der Waals surface area (Å²) in [7, 11) is 0. The first-order valence-corrected chi connectivity index (χ1v) is 5.80. The first kappa shape index (κ1) is 14.6. The smallest absolute Gasteiger partial charge is 0.326 e. The van der Waals surface area contributed by atoms with Crippen LogP contribution in [0.5, 0.6) is 0 Å². The van der Waals surface area contributed by atoms with Crippen molar-refractivity contribution in [3.63, 3.8) is 0 Å². The zero-order valence-electron chi connectivity index (χ0n) is 11.2. The molecule has 0 spiro atoms. The van der Waals surface area contributed by atoms with E-state index in [2.05, 4.69) is 4.98 Å². The Morgan fingerprint density at radius 2 is 2.11 bits per heavy atom. The van der Waals surface area contributed by atoms with Crippen molar-refractivity contribution in [2.24, 2.45) is 5.73 Å². The minimum atomic E-state index is -1.12. The zero-order valence-corrected chi connectivity index (χ0v) is 11.2. The van der Waals surface area contributed by atoms with Gasteiger partial charge in [0.05, 0.1) is 0 Å². The van der Waals surface area contributed by atoms with Crippen molar-refractivity contribution in [1.82, 2.24) is 4.98 Å². The summed E-state index contributed by atoms with van der Waals surface area (Å²) in [4.78, 5) is 15.8. The second kappa shape index (κ2) is 5.46. The Morgan fingerprint density at radius 3 is 2.61 bits per heavy atom. The number of aromatic nitrogens is 1. The number of esters is 1. The van der Waals surface area contributed by atoms with Gasteiger partial charge in [-0.1, -0.05) is 6.07 Å². The van der Waals surface area contributed by atoms with Crippen molar-refractivity contribution >= 4 is 5.97 Å². The van der Waals surface area contributed by atoms with Crippen molar-refractivity contribution in [1.29, 1.82) is 0 Å². The van der Waals surface area contributed by atoms with Crippen LogP contribution in [0.25, 0.3) is 0 Å². The molecule has 0 radical (unpaired) electrons. The molecule has 0 bridgehead atoms. The predicted octanol–water partition coefficient (Wildman–Crippen LogP) is 1.09. The van der Waals surface area contributed by atoms with E-state index in [1.807, 2.05) is 0 Å². The Kier molecular flexibility index (Phi) is 4.43. The number of hydrogen-bond acceptors (Lipinski definition) is 5. The molecule has 100 valence electrons. The number of hydrogen-bond donors (Lipinski definition) is 2. The lowest BCUT2D eigenvalue weighted by Gasteiger charge is -2.25. The number of ether oxygens (including phenoxy) is 1. The minimum Gasteiger partial charge on any atom is -0.459 e. The van der Waals surface area contributed by atoms with Crippen LogP contribution in [0.2, 0.25) is 0 Å². The number of aliphatic hydroxyl groups excluding tert-OH is 1. The maximum absolute atomic E-state index is 11.8. The van der Waals surface area contributed by atoms with Gasteiger partial charge in [-0.05, 0) is 33.8 Å². The van der Waals surface area contributed by atoms with Gasteiger partial charge in [0.15, 0.2) is 0 Å². The third-order valence-corrected chi connectivity index (χ3v) is 2.39. The van der Waals surface area contributed by atoms with Gasteiger partial charge in [0.2, 0.25) is 0 Å². The van der Waals surface area contributed by atoms with Crippen molar-refractivity contribution in [2.45, 2.75) is 45.4 Å². The lowest BCUT2D eigenvalue weighted by molar-refractivity contribution is -0.159. The molecule has 3 N–H and O–H groups in total. The van der Waals surface area contributed by atoms with Gasteiger partial charge >= 0.3 is 5.97 Å². The largest absolute Gasteiger partial charge is 0.459 e. The molecule has 0 aliphatic rings. The minimum absolute atomic E-state index is 0.538. The van der Waals surface area contributed by atoms with Gasteiger partial charge in [-0.3, -0.25) is 9.78 Å². The van der Waals surface area contributed by atoms with Crippen LogP contribution >= 0.6 is 0 Å². The standard InChI is InChI=1S/C13H20N2O3/c1-8-9(6-5-7-15-8)11(16)10(14)12(17)18-13(2,3)4/h5-7,10-11,16H,14H2,1-4H3/t10-,11+/m0/s1. The van der Waals surface area contributed by atoms with E-state index in [-0.39, 0.29) is 0 Å². The fraction of sp³-hybridized carbons (Fsp3) is 0.538. The van der Waals surface area contributed by atoms with Crippen molar-refractivity contribution < 1.29 is 14.6 Å². The highest BCUT2D eigenvalue weighted by Crippen LogP contribution is 2.20. The average Bonchev–Trinajstić information content (AvgIpc) is 2.25. The zero-order chi connectivity index (χ0) is 13.9. The molecule has 1 aromatic heterocycles. The molecule has 5 heteroatoms. The fourth-order valence-electron chi connectivity index (χ4n) is 1.50. The van der Waals surface area contributed by atoms with Crippen LogP contribution in [0.3, 0.4) is 0 Å². The number of pyridine rings is 1. The molecule has 0 saturated heterocycles. The SMILES string of the molecule is Cc1ncccc1[C@@H](O)[C@H](N)C(=O)OC(C)(C)C. The molecule has 0 amide bonds. The van der Waals surface area contributed by atoms with Crippen LogP contribution < -0.4 is 5.73 Å². The second-order valence-corrected chi connectivity index (χ2v) is 5.18. The molecule has 18 heavy (non-hydrogen) atoms. The van der Waals surface area contributed by atoms with E-state index in [1.54, 1.807) is 46.0 Å². The summed E-state index contributed by atoms with van der Waals surface area (Å²) in [6.07, 6.45) is 0.499. The third kappa shape index (κ3) is 3.78. The number of rotatable bonds is 3. The molecule has 5 nitrogen and oxygen atoms in total. The van der Waals surface area contributed by atoms with Crippen LogP contribution in [0.15, 0.2) is 18.3 Å². The number of carbonyl (C=O) groups excluding carboxylic acids is 1. The van der Waals surface area contributed by atoms with Gasteiger partial charge in [-0.15, -0.1) is 0 Å². The lowest BCUT2D eigenvalue weighted by atomic mass is 10.0. The van der Waals surface area contributed by atoms with Crippen molar-refractivity contribution in [3.8, 4) is 0 Å². The Hall–Kier alpha value is -1.46. The Balaban J connectivity index is 2.82. The Morgan fingerprint density at radius 1 is 1.50 bits per heavy atom. The van der Waals surface area contributed by atoms with Gasteiger partial charge in [-0.2, -0.15) is 0 Å². The van der Waals surface area contributed by atoms with E-state index < -0.39 is 23.7 Å². The number of nitrogens with zero attached hydrogens (tertiary/aromatic N) is 1. The van der Waals surface area contributed by atoms with Crippen LogP contribution in [-0.2, 0) is 9.53 Å².